The van der Waals surface area contributed by atoms with Crippen molar-refractivity contribution in [2.75, 3.05) is 4.90 Å². The molecular weight excluding hydrogens is 795 g/mol. The predicted molar refractivity (Wildman–Crippen MR) is 269 cm³/mol. The standard InChI is InChI=1S/C61H39NOS/c1-3-17-42(18-4-1)61(43-19-5-2-6-20-43)55-29-10-7-22-49(55)54-39-46(36-37-56(54)61)62(44-34-32-40(33-35-44)47-25-14-27-52-50-23-8-11-30-57(50)63-59(47)52)45-21-13-16-41(38-45)48-26-15-28-53-51-24-9-12-31-58(51)64-60(48)53/h1-39H. The van der Waals surface area contributed by atoms with Crippen LogP contribution in [0.15, 0.2) is 241 Å². The molecule has 0 bridgehead atoms. The van der Waals surface area contributed by atoms with Crippen molar-refractivity contribution >= 4 is 70.5 Å². The first-order chi connectivity index (χ1) is 31.7. The number of rotatable bonds is 7. The average molecular weight is 834 g/mol. The first kappa shape index (κ1) is 36.7. The fourth-order valence-electron chi connectivity index (χ4n) is 10.6. The molecule has 12 aromatic rings. The zero-order chi connectivity index (χ0) is 42.2. The number of anilines is 3. The Bertz CT molecular complexity index is 3690. The van der Waals surface area contributed by atoms with Crippen LogP contribution in [0.4, 0.5) is 17.1 Å². The third-order valence-corrected chi connectivity index (χ3v) is 14.6. The van der Waals surface area contributed by atoms with E-state index in [4.69, 9.17) is 4.42 Å². The van der Waals surface area contributed by atoms with Gasteiger partial charge >= 0.3 is 0 Å². The van der Waals surface area contributed by atoms with Gasteiger partial charge in [0.1, 0.15) is 11.2 Å². The minimum absolute atomic E-state index is 0.472. The van der Waals surface area contributed by atoms with E-state index in [1.54, 1.807) is 0 Å². The maximum atomic E-state index is 6.50. The van der Waals surface area contributed by atoms with Crippen LogP contribution < -0.4 is 4.90 Å². The Morgan fingerprint density at radius 3 is 1.77 bits per heavy atom. The van der Waals surface area contributed by atoms with Crippen molar-refractivity contribution in [3.8, 4) is 33.4 Å². The van der Waals surface area contributed by atoms with Gasteiger partial charge in [-0.15, -0.1) is 11.3 Å². The minimum Gasteiger partial charge on any atom is -0.455 e. The average Bonchev–Trinajstić information content (AvgIpc) is 4.04. The number of thiophene rings is 1. The molecule has 0 fully saturated rings. The molecule has 2 heterocycles. The lowest BCUT2D eigenvalue weighted by Crippen LogP contribution is -2.28. The zero-order valence-electron chi connectivity index (χ0n) is 34.8. The van der Waals surface area contributed by atoms with Crippen LogP contribution in [0, 0.1) is 0 Å². The van der Waals surface area contributed by atoms with Crippen LogP contribution in [0.3, 0.4) is 0 Å². The van der Waals surface area contributed by atoms with Gasteiger partial charge in [-0.1, -0.05) is 188 Å². The van der Waals surface area contributed by atoms with Crippen molar-refractivity contribution in [2.45, 2.75) is 5.41 Å². The lowest BCUT2D eigenvalue weighted by Gasteiger charge is -2.34. The number of benzene rings is 10. The van der Waals surface area contributed by atoms with E-state index in [0.717, 1.165) is 50.1 Å². The maximum absolute atomic E-state index is 6.50. The molecule has 10 aromatic carbocycles. The second-order valence-corrected chi connectivity index (χ2v) is 17.8. The number of para-hydroxylation sites is 2. The summed E-state index contributed by atoms with van der Waals surface area (Å²) >= 11 is 1.87. The summed E-state index contributed by atoms with van der Waals surface area (Å²) in [6.45, 7) is 0. The highest BCUT2D eigenvalue weighted by Gasteiger charge is 2.46. The Labute approximate surface area is 375 Å². The van der Waals surface area contributed by atoms with Crippen molar-refractivity contribution in [1.82, 2.24) is 0 Å². The van der Waals surface area contributed by atoms with Crippen LogP contribution in [-0.2, 0) is 5.41 Å². The monoisotopic (exact) mass is 833 g/mol. The van der Waals surface area contributed by atoms with Crippen LogP contribution in [0.5, 0.6) is 0 Å². The Balaban J connectivity index is 1.01. The molecule has 0 atom stereocenters. The molecule has 0 spiro atoms. The van der Waals surface area contributed by atoms with Crippen LogP contribution in [0.25, 0.3) is 75.5 Å². The molecular formula is C61H39NOS. The molecule has 13 rings (SSSR count). The normalized spacial score (nSPS) is 12.8. The van der Waals surface area contributed by atoms with E-state index >= 15 is 0 Å². The van der Waals surface area contributed by atoms with Crippen molar-refractivity contribution < 1.29 is 4.42 Å². The molecule has 0 radical (unpaired) electrons. The SMILES string of the molecule is c1ccc(C2(c3ccccc3)c3ccccc3-c3cc(N(c4ccc(-c5cccc6c5oc5ccccc56)cc4)c4cccc(-c5cccc6c5sc5ccccc56)c4)ccc32)cc1. The second-order valence-electron chi connectivity index (χ2n) is 16.8. The maximum Gasteiger partial charge on any atom is 0.143 e. The molecule has 0 N–H and O–H groups in total. The molecule has 0 aliphatic heterocycles. The lowest BCUT2D eigenvalue weighted by molar-refractivity contribution is 0.670. The first-order valence-electron chi connectivity index (χ1n) is 21.9. The molecule has 0 amide bonds. The fourth-order valence-corrected chi connectivity index (χ4v) is 11.8. The van der Waals surface area contributed by atoms with Crippen LogP contribution in [-0.4, -0.2) is 0 Å². The van der Waals surface area contributed by atoms with Crippen molar-refractivity contribution in [3.05, 3.63) is 259 Å². The number of hydrogen-bond acceptors (Lipinski definition) is 3. The highest BCUT2D eigenvalue weighted by atomic mass is 32.1. The smallest absolute Gasteiger partial charge is 0.143 e. The predicted octanol–water partition coefficient (Wildman–Crippen LogP) is 17.1. The van der Waals surface area contributed by atoms with Crippen LogP contribution in [0.1, 0.15) is 22.3 Å². The van der Waals surface area contributed by atoms with E-state index in [9.17, 15) is 0 Å². The van der Waals surface area contributed by atoms with Gasteiger partial charge in [0, 0.05) is 53.6 Å². The molecule has 2 aromatic heterocycles. The Morgan fingerprint density at radius 2 is 0.953 bits per heavy atom. The summed E-state index contributed by atoms with van der Waals surface area (Å²) < 4.78 is 9.12. The Morgan fingerprint density at radius 1 is 0.359 bits per heavy atom. The number of furan rings is 1. The van der Waals surface area contributed by atoms with Gasteiger partial charge in [-0.05, 0) is 98.6 Å². The molecule has 1 aliphatic carbocycles. The summed E-state index contributed by atoms with van der Waals surface area (Å²) in [5.41, 5.74) is 16.8. The summed E-state index contributed by atoms with van der Waals surface area (Å²) in [5.74, 6) is 0. The molecule has 0 saturated carbocycles. The van der Waals surface area contributed by atoms with E-state index in [2.05, 4.69) is 229 Å². The van der Waals surface area contributed by atoms with Crippen molar-refractivity contribution in [3.63, 3.8) is 0 Å². The quantitative estimate of drug-likeness (QED) is 0.159. The highest BCUT2D eigenvalue weighted by Crippen LogP contribution is 2.57. The largest absolute Gasteiger partial charge is 0.455 e. The Hall–Kier alpha value is -7.98. The van der Waals surface area contributed by atoms with E-state index < -0.39 is 5.41 Å². The third kappa shape index (κ3) is 5.51. The van der Waals surface area contributed by atoms with Gasteiger partial charge < -0.3 is 9.32 Å². The van der Waals surface area contributed by atoms with Gasteiger partial charge in [-0.25, -0.2) is 0 Å². The molecule has 300 valence electrons. The van der Waals surface area contributed by atoms with E-state index in [-0.39, 0.29) is 0 Å². The number of fused-ring (bicyclic) bond motifs is 9. The number of hydrogen-bond donors (Lipinski definition) is 0. The van der Waals surface area contributed by atoms with E-state index in [1.165, 1.54) is 64.7 Å². The van der Waals surface area contributed by atoms with Gasteiger partial charge in [0.2, 0.25) is 0 Å². The van der Waals surface area contributed by atoms with E-state index in [1.807, 2.05) is 23.5 Å². The van der Waals surface area contributed by atoms with Gasteiger partial charge in [0.15, 0.2) is 0 Å². The summed E-state index contributed by atoms with van der Waals surface area (Å²) in [5, 5.41) is 4.87. The second kappa shape index (κ2) is 14.6. The number of nitrogens with zero attached hydrogens (tertiary/aromatic N) is 1. The van der Waals surface area contributed by atoms with Crippen molar-refractivity contribution in [2.24, 2.45) is 0 Å². The van der Waals surface area contributed by atoms with Gasteiger partial charge in [0.05, 0.1) is 5.41 Å². The third-order valence-electron chi connectivity index (χ3n) is 13.4. The molecule has 3 heteroatoms. The first-order valence-corrected chi connectivity index (χ1v) is 22.7. The molecule has 0 saturated heterocycles. The molecule has 0 unspecified atom stereocenters. The summed E-state index contributed by atoms with van der Waals surface area (Å²) in [4.78, 5) is 2.42. The van der Waals surface area contributed by atoms with Crippen molar-refractivity contribution in [1.29, 1.82) is 0 Å². The van der Waals surface area contributed by atoms with Gasteiger partial charge in [0.25, 0.3) is 0 Å². The zero-order valence-corrected chi connectivity index (χ0v) is 35.6. The van der Waals surface area contributed by atoms with Gasteiger partial charge in [-0.2, -0.15) is 0 Å². The topological polar surface area (TPSA) is 16.4 Å². The molecule has 1 aliphatic rings. The summed E-state index contributed by atoms with van der Waals surface area (Å²) in [6.07, 6.45) is 0. The summed E-state index contributed by atoms with van der Waals surface area (Å²) in [6, 6.07) is 86.5. The van der Waals surface area contributed by atoms with E-state index in [0.29, 0.717) is 0 Å². The lowest BCUT2D eigenvalue weighted by atomic mass is 9.68. The highest BCUT2D eigenvalue weighted by molar-refractivity contribution is 7.26. The molecule has 2 nitrogen and oxygen atoms in total. The summed E-state index contributed by atoms with van der Waals surface area (Å²) in [7, 11) is 0. The van der Waals surface area contributed by atoms with Crippen LogP contribution in [0.2, 0.25) is 0 Å². The fraction of sp³-hybridized carbons (Fsp3) is 0.0164. The minimum atomic E-state index is -0.472. The Kier molecular flexibility index (Phi) is 8.34. The van der Waals surface area contributed by atoms with Gasteiger partial charge in [-0.3, -0.25) is 0 Å². The van der Waals surface area contributed by atoms with Crippen LogP contribution >= 0.6 is 11.3 Å². The molecule has 64 heavy (non-hydrogen) atoms.